The van der Waals surface area contributed by atoms with E-state index in [1.165, 1.54) is 11.8 Å². The fraction of sp³-hybridized carbons (Fsp3) is 0.120. The lowest BCUT2D eigenvalue weighted by Gasteiger charge is -2.21. The number of likely N-dealkylation sites (N-methyl/N-ethyl adjacent to an activating group) is 1. The third-order valence-corrected chi connectivity index (χ3v) is 5.19. The highest BCUT2D eigenvalue weighted by atomic mass is 16.2. The number of nitrogens with zero attached hydrogens (tertiary/aromatic N) is 2. The summed E-state index contributed by atoms with van der Waals surface area (Å²) in [4.78, 5) is 43.6. The van der Waals surface area contributed by atoms with E-state index in [-0.39, 0.29) is 11.7 Å². The van der Waals surface area contributed by atoms with Gasteiger partial charge < -0.3 is 15.5 Å². The first kappa shape index (κ1) is 21.0. The minimum absolute atomic E-state index is 0.107. The van der Waals surface area contributed by atoms with E-state index in [9.17, 15) is 14.4 Å². The van der Waals surface area contributed by atoms with Crippen molar-refractivity contribution in [2.75, 3.05) is 17.3 Å². The first-order valence-electron chi connectivity index (χ1n) is 10.1. The highest BCUT2D eigenvalue weighted by Gasteiger charge is 2.30. The van der Waals surface area contributed by atoms with Crippen LogP contribution in [-0.2, 0) is 4.79 Å². The maximum atomic E-state index is 13.1. The monoisotopic (exact) mass is 426 g/mol. The van der Waals surface area contributed by atoms with Crippen LogP contribution in [0.1, 0.15) is 28.4 Å². The zero-order valence-electron chi connectivity index (χ0n) is 17.7. The van der Waals surface area contributed by atoms with E-state index in [1.807, 2.05) is 54.6 Å². The van der Waals surface area contributed by atoms with Gasteiger partial charge in [-0.1, -0.05) is 60.7 Å². The van der Waals surface area contributed by atoms with E-state index in [1.54, 1.807) is 31.3 Å². The third kappa shape index (κ3) is 4.27. The molecule has 32 heavy (non-hydrogen) atoms. The Morgan fingerprint density at radius 1 is 0.938 bits per heavy atom. The summed E-state index contributed by atoms with van der Waals surface area (Å²) in [6.07, 6.45) is -1.13. The molecule has 0 unspecified atom stereocenters. The highest BCUT2D eigenvalue weighted by molar-refractivity contribution is 6.20. The molecule has 0 radical (unpaired) electrons. The first-order chi connectivity index (χ1) is 15.4. The third-order valence-electron chi connectivity index (χ3n) is 5.19. The molecule has 0 saturated carbocycles. The van der Waals surface area contributed by atoms with Gasteiger partial charge in [0.15, 0.2) is 5.78 Å². The van der Waals surface area contributed by atoms with Crippen molar-refractivity contribution in [3.05, 3.63) is 95.6 Å². The summed E-state index contributed by atoms with van der Waals surface area (Å²) in [5.74, 6) is -0.472. The molecule has 4 rings (SSSR count). The van der Waals surface area contributed by atoms with Crippen LogP contribution in [0.15, 0.2) is 83.9 Å². The number of benzodiazepines with no additional fused rings is 1. The number of aliphatic imine (C=N–C) groups is 1. The lowest BCUT2D eigenvalue weighted by atomic mass is 10.0. The molecule has 0 aliphatic carbocycles. The molecule has 1 aliphatic heterocycles. The molecule has 0 spiro atoms. The van der Waals surface area contributed by atoms with Crippen LogP contribution in [0.5, 0.6) is 0 Å². The first-order valence-corrected chi connectivity index (χ1v) is 10.1. The normalized spacial score (nSPS) is 15.3. The Hall–Kier alpha value is -4.26. The van der Waals surface area contributed by atoms with E-state index < -0.39 is 12.2 Å². The molecule has 0 aromatic heterocycles. The SMILES string of the molecule is CC(=O)c1cccc(NC(=O)N[C@H]2N=C(c3ccccc3)c3ccccc3N(C)C2=O)c1. The van der Waals surface area contributed by atoms with Gasteiger partial charge in [-0.05, 0) is 25.1 Å². The van der Waals surface area contributed by atoms with Crippen LogP contribution in [0.25, 0.3) is 0 Å². The molecule has 2 N–H and O–H groups in total. The largest absolute Gasteiger partial charge is 0.321 e. The Bertz CT molecular complexity index is 1220. The molecule has 1 heterocycles. The second-order valence-electron chi connectivity index (χ2n) is 7.40. The maximum absolute atomic E-state index is 13.1. The van der Waals surface area contributed by atoms with E-state index in [0.717, 1.165) is 11.1 Å². The van der Waals surface area contributed by atoms with E-state index in [0.29, 0.717) is 22.6 Å². The topological polar surface area (TPSA) is 90.9 Å². The number of benzene rings is 3. The summed E-state index contributed by atoms with van der Waals surface area (Å²) in [6.45, 7) is 1.46. The molecule has 160 valence electrons. The number of rotatable bonds is 4. The Labute approximate surface area is 185 Å². The summed E-state index contributed by atoms with van der Waals surface area (Å²) in [5.41, 5.74) is 3.88. The number of urea groups is 1. The standard InChI is InChI=1S/C25H22N4O3/c1-16(30)18-11-8-12-19(15-18)26-25(32)28-23-24(31)29(2)21-14-7-6-13-20(21)22(27-23)17-9-4-3-5-10-17/h3-15,23H,1-2H3,(H2,26,28,32)/t23-/m1/s1. The van der Waals surface area contributed by atoms with Crippen LogP contribution in [0.3, 0.4) is 0 Å². The molecule has 1 aliphatic rings. The molecule has 3 amide bonds. The van der Waals surface area contributed by atoms with Crippen LogP contribution in [-0.4, -0.2) is 36.6 Å². The van der Waals surface area contributed by atoms with Crippen molar-refractivity contribution in [1.82, 2.24) is 5.32 Å². The lowest BCUT2D eigenvalue weighted by Crippen LogP contribution is -2.47. The van der Waals surface area contributed by atoms with Crippen molar-refractivity contribution in [3.63, 3.8) is 0 Å². The van der Waals surface area contributed by atoms with Gasteiger partial charge in [0.05, 0.1) is 11.4 Å². The van der Waals surface area contributed by atoms with Gasteiger partial charge in [0, 0.05) is 29.4 Å². The van der Waals surface area contributed by atoms with Gasteiger partial charge in [-0.15, -0.1) is 0 Å². The number of anilines is 2. The number of carbonyl (C=O) groups is 3. The Kier molecular flexibility index (Phi) is 5.81. The molecule has 1 atom stereocenters. The molecule has 0 fully saturated rings. The quantitative estimate of drug-likeness (QED) is 0.621. The van der Waals surface area contributed by atoms with Crippen molar-refractivity contribution in [2.45, 2.75) is 13.1 Å². The number of hydrogen-bond donors (Lipinski definition) is 2. The van der Waals surface area contributed by atoms with Crippen LogP contribution in [0, 0.1) is 0 Å². The van der Waals surface area contributed by atoms with Crippen LogP contribution >= 0.6 is 0 Å². The summed E-state index contributed by atoms with van der Waals surface area (Å²) >= 11 is 0. The van der Waals surface area contributed by atoms with Crippen LogP contribution < -0.4 is 15.5 Å². The summed E-state index contributed by atoms with van der Waals surface area (Å²) in [6, 6.07) is 23.0. The number of Topliss-reactive ketones (excluding diaryl/α,β-unsaturated/α-hetero) is 1. The zero-order valence-corrected chi connectivity index (χ0v) is 17.7. The summed E-state index contributed by atoms with van der Waals surface area (Å²) in [5, 5.41) is 5.33. The molecule has 0 saturated heterocycles. The number of nitrogens with one attached hydrogen (secondary N) is 2. The van der Waals surface area contributed by atoms with E-state index in [2.05, 4.69) is 15.6 Å². The lowest BCUT2D eigenvalue weighted by molar-refractivity contribution is -0.119. The molecule has 7 heteroatoms. The zero-order chi connectivity index (χ0) is 22.7. The summed E-state index contributed by atoms with van der Waals surface area (Å²) in [7, 11) is 1.66. The van der Waals surface area contributed by atoms with E-state index >= 15 is 0 Å². The maximum Gasteiger partial charge on any atom is 0.321 e. The van der Waals surface area contributed by atoms with Gasteiger partial charge >= 0.3 is 6.03 Å². The Balaban J connectivity index is 1.66. The van der Waals surface area contributed by atoms with Gasteiger partial charge in [-0.2, -0.15) is 0 Å². The molecule has 3 aromatic carbocycles. The van der Waals surface area contributed by atoms with Gasteiger partial charge in [0.25, 0.3) is 5.91 Å². The summed E-state index contributed by atoms with van der Waals surface area (Å²) < 4.78 is 0. The van der Waals surface area contributed by atoms with Crippen molar-refractivity contribution in [1.29, 1.82) is 0 Å². The molecule has 3 aromatic rings. The number of para-hydroxylation sites is 1. The smallest absolute Gasteiger partial charge is 0.311 e. The van der Waals surface area contributed by atoms with Crippen molar-refractivity contribution < 1.29 is 14.4 Å². The Morgan fingerprint density at radius 2 is 1.66 bits per heavy atom. The number of fused-ring (bicyclic) bond motifs is 1. The number of amides is 3. The van der Waals surface area contributed by atoms with Gasteiger partial charge in [-0.25, -0.2) is 9.79 Å². The average Bonchev–Trinajstić information content (AvgIpc) is 2.90. The fourth-order valence-electron chi connectivity index (χ4n) is 3.55. The second kappa shape index (κ2) is 8.85. The Morgan fingerprint density at radius 3 is 2.41 bits per heavy atom. The molecule has 7 nitrogen and oxygen atoms in total. The predicted molar refractivity (Wildman–Crippen MR) is 124 cm³/mol. The predicted octanol–water partition coefficient (Wildman–Crippen LogP) is 3.85. The van der Waals surface area contributed by atoms with Crippen LogP contribution in [0.2, 0.25) is 0 Å². The van der Waals surface area contributed by atoms with Crippen LogP contribution in [0.4, 0.5) is 16.2 Å². The molecule has 0 bridgehead atoms. The minimum atomic E-state index is -1.13. The van der Waals surface area contributed by atoms with Gasteiger partial charge in [-0.3, -0.25) is 9.59 Å². The number of carbonyl (C=O) groups excluding carboxylic acids is 3. The van der Waals surface area contributed by atoms with Gasteiger partial charge in [0.2, 0.25) is 6.17 Å². The van der Waals surface area contributed by atoms with Crippen molar-refractivity contribution in [2.24, 2.45) is 4.99 Å². The average molecular weight is 426 g/mol. The highest BCUT2D eigenvalue weighted by Crippen LogP contribution is 2.27. The van der Waals surface area contributed by atoms with Crippen molar-refractivity contribution in [3.8, 4) is 0 Å². The number of ketones is 1. The van der Waals surface area contributed by atoms with E-state index in [4.69, 9.17) is 0 Å². The number of hydrogen-bond acceptors (Lipinski definition) is 4. The van der Waals surface area contributed by atoms with Gasteiger partial charge in [0.1, 0.15) is 0 Å². The minimum Gasteiger partial charge on any atom is -0.311 e. The second-order valence-corrected chi connectivity index (χ2v) is 7.40. The van der Waals surface area contributed by atoms with Crippen molar-refractivity contribution >= 4 is 34.8 Å². The fourth-order valence-corrected chi connectivity index (χ4v) is 3.55. The molecular formula is C25H22N4O3. The molecular weight excluding hydrogens is 404 g/mol.